The fraction of sp³-hybridized carbons (Fsp3) is 0.360. The van der Waals surface area contributed by atoms with Crippen molar-refractivity contribution in [1.82, 2.24) is 14.5 Å². The van der Waals surface area contributed by atoms with E-state index < -0.39 is 0 Å². The van der Waals surface area contributed by atoms with E-state index in [-0.39, 0.29) is 5.91 Å². The number of piperazine rings is 1. The predicted molar refractivity (Wildman–Crippen MR) is 128 cm³/mol. The van der Waals surface area contributed by atoms with E-state index in [4.69, 9.17) is 0 Å². The molecule has 2 aromatic carbocycles. The maximum atomic E-state index is 13.0. The van der Waals surface area contributed by atoms with Gasteiger partial charge < -0.3 is 9.47 Å². The van der Waals surface area contributed by atoms with Gasteiger partial charge in [0.05, 0.1) is 18.6 Å². The van der Waals surface area contributed by atoms with Crippen LogP contribution in [-0.4, -0.2) is 39.5 Å². The van der Waals surface area contributed by atoms with Crippen LogP contribution in [0.1, 0.15) is 37.4 Å². The molecule has 0 bridgehead atoms. The molecule has 0 saturated carbocycles. The fourth-order valence-electron chi connectivity index (χ4n) is 4.19. The second kappa shape index (κ2) is 10.2. The largest absolute Gasteiger partial charge is 0.329 e. The smallest absolute Gasteiger partial charge is 0.241 e. The Hall–Kier alpha value is -2.44. The third-order valence-corrected chi connectivity index (χ3v) is 6.47. The standard InChI is InChI=1S/C25H29BrN4O/c1-2-3-7-23-17-30(22-8-5-4-6-9-22)25(31)18-28(23)16-24-14-27-19-29(24)15-20-10-12-21(26)13-11-20/h4-6,8-14,19,23H,2-3,7,15-18H2,1H3. The molecule has 0 N–H and O–H groups in total. The highest BCUT2D eigenvalue weighted by Crippen LogP contribution is 2.24. The summed E-state index contributed by atoms with van der Waals surface area (Å²) in [5, 5.41) is 0. The van der Waals surface area contributed by atoms with E-state index >= 15 is 0 Å². The summed E-state index contributed by atoms with van der Waals surface area (Å²) in [5.74, 6) is 0.165. The lowest BCUT2D eigenvalue weighted by Gasteiger charge is -2.41. The summed E-state index contributed by atoms with van der Waals surface area (Å²) in [4.78, 5) is 21.7. The quantitative estimate of drug-likeness (QED) is 0.450. The van der Waals surface area contributed by atoms with E-state index in [1.54, 1.807) is 0 Å². The summed E-state index contributed by atoms with van der Waals surface area (Å²) < 4.78 is 3.27. The minimum atomic E-state index is 0.165. The van der Waals surface area contributed by atoms with Crippen molar-refractivity contribution >= 4 is 27.5 Å². The van der Waals surface area contributed by atoms with Gasteiger partial charge in [0.2, 0.25) is 5.91 Å². The van der Waals surface area contributed by atoms with Crippen LogP contribution in [0.5, 0.6) is 0 Å². The molecule has 1 unspecified atom stereocenters. The van der Waals surface area contributed by atoms with Gasteiger partial charge >= 0.3 is 0 Å². The number of hydrogen-bond donors (Lipinski definition) is 0. The zero-order valence-corrected chi connectivity index (χ0v) is 19.5. The number of anilines is 1. The van der Waals surface area contributed by atoms with Gasteiger partial charge in [-0.1, -0.05) is 66.0 Å². The van der Waals surface area contributed by atoms with Gasteiger partial charge in [-0.3, -0.25) is 9.69 Å². The third kappa shape index (κ3) is 5.43. The second-order valence-corrected chi connectivity index (χ2v) is 9.10. The van der Waals surface area contributed by atoms with E-state index in [9.17, 15) is 4.79 Å². The summed E-state index contributed by atoms with van der Waals surface area (Å²) in [7, 11) is 0. The van der Waals surface area contributed by atoms with E-state index in [0.717, 1.165) is 54.8 Å². The van der Waals surface area contributed by atoms with Crippen molar-refractivity contribution in [2.45, 2.75) is 45.3 Å². The van der Waals surface area contributed by atoms with Crippen molar-refractivity contribution in [3.05, 3.63) is 82.9 Å². The van der Waals surface area contributed by atoms with Crippen LogP contribution in [0.4, 0.5) is 5.69 Å². The van der Waals surface area contributed by atoms with E-state index in [2.05, 4.69) is 61.6 Å². The van der Waals surface area contributed by atoms with Gasteiger partial charge in [0.15, 0.2) is 0 Å². The van der Waals surface area contributed by atoms with Crippen molar-refractivity contribution in [3.63, 3.8) is 0 Å². The Bertz CT molecular complexity index is 986. The third-order valence-electron chi connectivity index (χ3n) is 5.94. The molecule has 1 fully saturated rings. The molecule has 0 aliphatic carbocycles. The van der Waals surface area contributed by atoms with E-state index in [1.807, 2.05) is 47.8 Å². The van der Waals surface area contributed by atoms with Crippen LogP contribution in [0.15, 0.2) is 71.6 Å². The zero-order valence-electron chi connectivity index (χ0n) is 18.0. The Kier molecular flexibility index (Phi) is 7.20. The first-order chi connectivity index (χ1) is 15.1. The zero-order chi connectivity index (χ0) is 21.6. The first-order valence-electron chi connectivity index (χ1n) is 11.0. The van der Waals surface area contributed by atoms with Crippen molar-refractivity contribution < 1.29 is 4.79 Å². The van der Waals surface area contributed by atoms with Gasteiger partial charge in [-0.05, 0) is 36.2 Å². The Morgan fingerprint density at radius 3 is 2.58 bits per heavy atom. The lowest BCUT2D eigenvalue weighted by molar-refractivity contribution is -0.122. The molecule has 1 aliphatic rings. The fourth-order valence-corrected chi connectivity index (χ4v) is 4.45. The number of amides is 1. The van der Waals surface area contributed by atoms with Crippen molar-refractivity contribution in [2.75, 3.05) is 18.0 Å². The lowest BCUT2D eigenvalue weighted by atomic mass is 10.0. The average molecular weight is 481 g/mol. The number of benzene rings is 2. The van der Waals surface area contributed by atoms with Crippen molar-refractivity contribution in [2.24, 2.45) is 0 Å². The van der Waals surface area contributed by atoms with Crippen LogP contribution in [0.2, 0.25) is 0 Å². The molecule has 2 heterocycles. The summed E-state index contributed by atoms with van der Waals surface area (Å²) in [5.41, 5.74) is 3.37. The highest BCUT2D eigenvalue weighted by Gasteiger charge is 2.32. The van der Waals surface area contributed by atoms with Gasteiger partial charge in [0.1, 0.15) is 0 Å². The molecular weight excluding hydrogens is 452 g/mol. The van der Waals surface area contributed by atoms with Gasteiger partial charge in [-0.25, -0.2) is 4.98 Å². The van der Waals surface area contributed by atoms with Gasteiger partial charge in [0.25, 0.3) is 0 Å². The lowest BCUT2D eigenvalue weighted by Crippen LogP contribution is -2.56. The molecule has 5 nitrogen and oxygen atoms in total. The number of carbonyl (C=O) groups is 1. The predicted octanol–water partition coefficient (Wildman–Crippen LogP) is 5.10. The summed E-state index contributed by atoms with van der Waals surface area (Å²) >= 11 is 3.50. The molecule has 0 radical (unpaired) electrons. The summed E-state index contributed by atoms with van der Waals surface area (Å²) in [6.45, 7) is 4.91. The van der Waals surface area contributed by atoms with Gasteiger partial charge in [-0.2, -0.15) is 0 Å². The molecule has 6 heteroatoms. The maximum Gasteiger partial charge on any atom is 0.241 e. The number of hydrogen-bond acceptors (Lipinski definition) is 3. The average Bonchev–Trinajstić information content (AvgIpc) is 3.22. The normalized spacial score (nSPS) is 17.3. The van der Waals surface area contributed by atoms with Crippen LogP contribution < -0.4 is 4.90 Å². The Balaban J connectivity index is 1.50. The van der Waals surface area contributed by atoms with Crippen LogP contribution >= 0.6 is 15.9 Å². The van der Waals surface area contributed by atoms with Crippen LogP contribution in [0, 0.1) is 0 Å². The minimum Gasteiger partial charge on any atom is -0.329 e. The Morgan fingerprint density at radius 2 is 1.84 bits per heavy atom. The molecule has 4 rings (SSSR count). The SMILES string of the molecule is CCCCC1CN(c2ccccc2)C(=O)CN1Cc1cncn1Cc1ccc(Br)cc1. The first-order valence-corrected chi connectivity index (χ1v) is 11.8. The molecule has 1 atom stereocenters. The number of para-hydroxylation sites is 1. The number of halogens is 1. The van der Waals surface area contributed by atoms with Crippen molar-refractivity contribution in [3.8, 4) is 0 Å². The molecule has 1 amide bonds. The summed E-state index contributed by atoms with van der Waals surface area (Å²) in [6, 6.07) is 18.8. The molecule has 1 aliphatic heterocycles. The highest BCUT2D eigenvalue weighted by molar-refractivity contribution is 9.10. The first kappa shape index (κ1) is 21.8. The van der Waals surface area contributed by atoms with Gasteiger partial charge in [0, 0.05) is 42.0 Å². The number of imidazole rings is 1. The second-order valence-electron chi connectivity index (χ2n) is 8.18. The topological polar surface area (TPSA) is 41.4 Å². The number of rotatable bonds is 8. The van der Waals surface area contributed by atoms with Crippen LogP contribution in [0.25, 0.3) is 0 Å². The van der Waals surface area contributed by atoms with Gasteiger partial charge in [-0.15, -0.1) is 0 Å². The van der Waals surface area contributed by atoms with Crippen LogP contribution in [-0.2, 0) is 17.9 Å². The molecule has 162 valence electrons. The molecule has 3 aromatic rings. The maximum absolute atomic E-state index is 13.0. The molecular formula is C25H29BrN4O. The van der Waals surface area contributed by atoms with Crippen LogP contribution in [0.3, 0.4) is 0 Å². The van der Waals surface area contributed by atoms with E-state index in [1.165, 1.54) is 5.56 Å². The number of unbranched alkanes of at least 4 members (excludes halogenated alkanes) is 1. The number of nitrogens with zero attached hydrogens (tertiary/aromatic N) is 4. The molecule has 0 spiro atoms. The molecule has 1 saturated heterocycles. The van der Waals surface area contributed by atoms with Crippen molar-refractivity contribution in [1.29, 1.82) is 0 Å². The molecule has 31 heavy (non-hydrogen) atoms. The Morgan fingerprint density at radius 1 is 1.06 bits per heavy atom. The number of carbonyl (C=O) groups excluding carboxylic acids is 1. The monoisotopic (exact) mass is 480 g/mol. The summed E-state index contributed by atoms with van der Waals surface area (Å²) in [6.07, 6.45) is 7.24. The highest BCUT2D eigenvalue weighted by atomic mass is 79.9. The number of aromatic nitrogens is 2. The Labute approximate surface area is 192 Å². The molecule has 1 aromatic heterocycles. The van der Waals surface area contributed by atoms with E-state index in [0.29, 0.717) is 12.6 Å². The minimum absolute atomic E-state index is 0.165.